The number of fused-ring (bicyclic) bond motifs is 1. The van der Waals surface area contributed by atoms with E-state index in [9.17, 15) is 0 Å². The maximum Gasteiger partial charge on any atom is 0.139 e. The zero-order valence-electron chi connectivity index (χ0n) is 15.3. The number of benzene rings is 2. The summed E-state index contributed by atoms with van der Waals surface area (Å²) in [5.41, 5.74) is 4.18. The molecule has 26 heavy (non-hydrogen) atoms. The third-order valence-corrected chi connectivity index (χ3v) is 5.29. The molecule has 6 heteroatoms. The number of aromatic nitrogens is 2. The first-order valence-electron chi connectivity index (χ1n) is 9.05. The van der Waals surface area contributed by atoms with Gasteiger partial charge in [-0.2, -0.15) is 0 Å². The van der Waals surface area contributed by atoms with Gasteiger partial charge in [0, 0.05) is 38.8 Å². The van der Waals surface area contributed by atoms with Gasteiger partial charge in [0.2, 0.25) is 0 Å². The van der Waals surface area contributed by atoms with Crippen molar-refractivity contribution in [2.24, 2.45) is 0 Å². The van der Waals surface area contributed by atoms with E-state index in [-0.39, 0.29) is 0 Å². The number of piperazine rings is 1. The third-order valence-electron chi connectivity index (χ3n) is 5.29. The Kier molecular flexibility index (Phi) is 4.86. The van der Waals surface area contributed by atoms with E-state index in [1.807, 2.05) is 18.2 Å². The maximum atomic E-state index is 5.36. The van der Waals surface area contributed by atoms with E-state index in [0.717, 1.165) is 49.5 Å². The number of rotatable bonds is 5. The molecule has 0 aliphatic carbocycles. The van der Waals surface area contributed by atoms with E-state index in [0.29, 0.717) is 6.04 Å². The molecule has 1 atom stereocenters. The van der Waals surface area contributed by atoms with Gasteiger partial charge in [-0.1, -0.05) is 24.3 Å². The molecule has 0 radical (unpaired) electrons. The average Bonchev–Trinajstić information content (AvgIpc) is 3.18. The Labute approximate surface area is 153 Å². The summed E-state index contributed by atoms with van der Waals surface area (Å²) in [6.45, 7) is 7.32. The Hall–Kier alpha value is -2.44. The minimum Gasteiger partial charge on any atom is -0.497 e. The molecule has 2 aromatic carbocycles. The highest BCUT2D eigenvalue weighted by atomic mass is 16.6. The van der Waals surface area contributed by atoms with Gasteiger partial charge in [-0.15, -0.1) is 0 Å². The molecule has 2 heterocycles. The van der Waals surface area contributed by atoms with Crippen molar-refractivity contribution in [1.82, 2.24) is 20.1 Å². The molecular formula is C20H24N4O2. The van der Waals surface area contributed by atoms with Crippen molar-refractivity contribution in [1.29, 1.82) is 0 Å². The summed E-state index contributed by atoms with van der Waals surface area (Å²) in [5.74, 6) is 0.919. The molecule has 1 fully saturated rings. The van der Waals surface area contributed by atoms with Crippen LogP contribution in [0.25, 0.3) is 11.0 Å². The Morgan fingerprint density at radius 2 is 1.88 bits per heavy atom. The highest BCUT2D eigenvalue weighted by molar-refractivity contribution is 5.76. The van der Waals surface area contributed by atoms with Crippen molar-refractivity contribution in [3.05, 3.63) is 53.6 Å². The molecule has 0 N–H and O–H groups in total. The van der Waals surface area contributed by atoms with Crippen LogP contribution in [0.3, 0.4) is 0 Å². The van der Waals surface area contributed by atoms with Gasteiger partial charge in [-0.25, -0.2) is 4.63 Å². The van der Waals surface area contributed by atoms with Crippen LogP contribution in [-0.2, 0) is 6.54 Å². The van der Waals surface area contributed by atoms with Gasteiger partial charge in [-0.05, 0) is 46.6 Å². The molecule has 136 valence electrons. The second-order valence-electron chi connectivity index (χ2n) is 6.81. The quantitative estimate of drug-likeness (QED) is 0.703. The molecule has 0 spiro atoms. The van der Waals surface area contributed by atoms with E-state index in [4.69, 9.17) is 9.37 Å². The van der Waals surface area contributed by atoms with Crippen molar-refractivity contribution in [3.63, 3.8) is 0 Å². The topological polar surface area (TPSA) is 54.6 Å². The lowest BCUT2D eigenvalue weighted by atomic mass is 10.1. The predicted molar refractivity (Wildman–Crippen MR) is 100 cm³/mol. The standard InChI is InChI=1S/C20H24N4O2/c1-15(16-5-3-7-18(13-16)25-2)24-11-9-23(10-12-24)14-17-6-4-8-19-20(17)22-26-21-19/h3-8,13,15H,9-12,14H2,1-2H3. The van der Waals surface area contributed by atoms with E-state index >= 15 is 0 Å². The molecule has 1 aliphatic heterocycles. The van der Waals surface area contributed by atoms with E-state index in [1.165, 1.54) is 11.1 Å². The molecule has 0 amide bonds. The molecule has 1 aliphatic rings. The van der Waals surface area contributed by atoms with E-state index in [1.54, 1.807) is 7.11 Å². The number of hydrogen-bond donors (Lipinski definition) is 0. The molecular weight excluding hydrogens is 328 g/mol. The lowest BCUT2D eigenvalue weighted by molar-refractivity contribution is 0.0979. The lowest BCUT2D eigenvalue weighted by Gasteiger charge is -2.38. The summed E-state index contributed by atoms with van der Waals surface area (Å²) in [6.07, 6.45) is 0. The summed E-state index contributed by atoms with van der Waals surface area (Å²) < 4.78 is 10.2. The monoisotopic (exact) mass is 352 g/mol. The SMILES string of the molecule is COc1cccc(C(C)N2CCN(Cc3cccc4nonc34)CC2)c1. The fourth-order valence-corrected chi connectivity index (χ4v) is 3.65. The first-order valence-corrected chi connectivity index (χ1v) is 9.05. The van der Waals surface area contributed by atoms with Gasteiger partial charge < -0.3 is 4.74 Å². The van der Waals surface area contributed by atoms with Crippen LogP contribution in [0.1, 0.15) is 24.1 Å². The van der Waals surface area contributed by atoms with Gasteiger partial charge >= 0.3 is 0 Å². The molecule has 6 nitrogen and oxygen atoms in total. The van der Waals surface area contributed by atoms with Gasteiger partial charge in [0.1, 0.15) is 16.8 Å². The van der Waals surface area contributed by atoms with Crippen molar-refractivity contribution >= 4 is 11.0 Å². The number of methoxy groups -OCH3 is 1. The molecule has 1 aromatic heterocycles. The Bertz CT molecular complexity index is 871. The fraction of sp³-hybridized carbons (Fsp3) is 0.400. The second kappa shape index (κ2) is 7.43. The molecule has 1 unspecified atom stereocenters. The summed E-state index contributed by atoms with van der Waals surface area (Å²) >= 11 is 0. The molecule has 4 rings (SSSR count). The first kappa shape index (κ1) is 17.0. The smallest absolute Gasteiger partial charge is 0.139 e. The van der Waals surface area contributed by atoms with Crippen molar-refractivity contribution in [2.75, 3.05) is 33.3 Å². The first-order chi connectivity index (χ1) is 12.7. The maximum absolute atomic E-state index is 5.36. The largest absolute Gasteiger partial charge is 0.497 e. The van der Waals surface area contributed by atoms with Crippen LogP contribution in [-0.4, -0.2) is 53.4 Å². The van der Waals surface area contributed by atoms with Crippen LogP contribution in [0, 0.1) is 0 Å². The third kappa shape index (κ3) is 3.43. The van der Waals surface area contributed by atoms with Crippen molar-refractivity contribution in [2.45, 2.75) is 19.5 Å². The van der Waals surface area contributed by atoms with Crippen LogP contribution in [0.15, 0.2) is 47.1 Å². The highest BCUT2D eigenvalue weighted by Crippen LogP contribution is 2.25. The zero-order valence-corrected chi connectivity index (χ0v) is 15.3. The van der Waals surface area contributed by atoms with Crippen molar-refractivity contribution in [3.8, 4) is 5.75 Å². The van der Waals surface area contributed by atoms with E-state index < -0.39 is 0 Å². The van der Waals surface area contributed by atoms with E-state index in [2.05, 4.69) is 51.3 Å². The molecule has 1 saturated heterocycles. The predicted octanol–water partition coefficient (Wildman–Crippen LogP) is 3.11. The fourth-order valence-electron chi connectivity index (χ4n) is 3.65. The zero-order chi connectivity index (χ0) is 17.9. The number of ether oxygens (including phenoxy) is 1. The van der Waals surface area contributed by atoms with Crippen LogP contribution in [0.4, 0.5) is 0 Å². The number of hydrogen-bond acceptors (Lipinski definition) is 6. The minimum atomic E-state index is 0.385. The van der Waals surface area contributed by atoms with Crippen LogP contribution in [0.5, 0.6) is 5.75 Å². The van der Waals surface area contributed by atoms with Crippen LogP contribution >= 0.6 is 0 Å². The lowest BCUT2D eigenvalue weighted by Crippen LogP contribution is -2.46. The molecule has 0 saturated carbocycles. The van der Waals surface area contributed by atoms with Gasteiger partial charge in [0.25, 0.3) is 0 Å². The van der Waals surface area contributed by atoms with Gasteiger partial charge in [0.05, 0.1) is 7.11 Å². The van der Waals surface area contributed by atoms with Crippen LogP contribution < -0.4 is 4.74 Å². The summed E-state index contributed by atoms with van der Waals surface area (Å²) in [4.78, 5) is 5.00. The summed E-state index contributed by atoms with van der Waals surface area (Å²) in [6, 6.07) is 14.8. The van der Waals surface area contributed by atoms with Gasteiger partial charge in [-0.3, -0.25) is 9.80 Å². The Balaban J connectivity index is 1.38. The Morgan fingerprint density at radius 1 is 1.08 bits per heavy atom. The second-order valence-corrected chi connectivity index (χ2v) is 6.81. The number of nitrogens with zero attached hydrogens (tertiary/aromatic N) is 4. The highest BCUT2D eigenvalue weighted by Gasteiger charge is 2.23. The van der Waals surface area contributed by atoms with Crippen LogP contribution in [0.2, 0.25) is 0 Å². The summed E-state index contributed by atoms with van der Waals surface area (Å²) in [5, 5.41) is 7.98. The normalized spacial score (nSPS) is 17.5. The molecule has 3 aromatic rings. The molecule has 0 bridgehead atoms. The van der Waals surface area contributed by atoms with Gasteiger partial charge in [0.15, 0.2) is 0 Å². The summed E-state index contributed by atoms with van der Waals surface area (Å²) in [7, 11) is 1.72. The minimum absolute atomic E-state index is 0.385. The average molecular weight is 352 g/mol. The van der Waals surface area contributed by atoms with Crippen molar-refractivity contribution < 1.29 is 9.37 Å². The Morgan fingerprint density at radius 3 is 2.69 bits per heavy atom.